The standard InChI is InChI=1S/C17H28N2S/c1-3-18-16(15-14(2)8-13-20-15)17(9-4-5-10-17)19-11-6-7-12-19/h8,13,16,18H,3-7,9-12H2,1-2H3. The van der Waals surface area contributed by atoms with Gasteiger partial charge in [-0.05, 0) is 69.3 Å². The van der Waals surface area contributed by atoms with Crippen molar-refractivity contribution in [3.63, 3.8) is 0 Å². The maximum absolute atomic E-state index is 3.85. The molecule has 2 nitrogen and oxygen atoms in total. The Hall–Kier alpha value is -0.380. The van der Waals surface area contributed by atoms with Gasteiger partial charge in [0, 0.05) is 10.4 Å². The van der Waals surface area contributed by atoms with Crippen LogP contribution in [0.4, 0.5) is 0 Å². The number of nitrogens with zero attached hydrogens (tertiary/aromatic N) is 1. The van der Waals surface area contributed by atoms with Crippen LogP contribution in [0.5, 0.6) is 0 Å². The Bertz CT molecular complexity index is 428. The first-order valence-electron chi connectivity index (χ1n) is 8.30. The zero-order valence-electron chi connectivity index (χ0n) is 13.0. The van der Waals surface area contributed by atoms with E-state index in [1.807, 2.05) is 11.3 Å². The third-order valence-corrected chi connectivity index (χ3v) is 6.40. The summed E-state index contributed by atoms with van der Waals surface area (Å²) in [5, 5.41) is 6.12. The second-order valence-electron chi connectivity index (χ2n) is 6.46. The van der Waals surface area contributed by atoms with Crippen LogP contribution < -0.4 is 5.32 Å². The van der Waals surface area contributed by atoms with Crippen LogP contribution in [0.3, 0.4) is 0 Å². The van der Waals surface area contributed by atoms with Crippen LogP contribution >= 0.6 is 11.3 Å². The first-order chi connectivity index (χ1) is 9.78. The van der Waals surface area contributed by atoms with Crippen molar-refractivity contribution in [2.75, 3.05) is 19.6 Å². The number of aryl methyl sites for hydroxylation is 1. The molecule has 0 amide bonds. The van der Waals surface area contributed by atoms with Gasteiger partial charge in [0.2, 0.25) is 0 Å². The molecular weight excluding hydrogens is 264 g/mol. The topological polar surface area (TPSA) is 15.3 Å². The van der Waals surface area contributed by atoms with Gasteiger partial charge in [-0.25, -0.2) is 0 Å². The van der Waals surface area contributed by atoms with Gasteiger partial charge in [0.15, 0.2) is 0 Å². The monoisotopic (exact) mass is 292 g/mol. The second kappa shape index (κ2) is 6.17. The van der Waals surface area contributed by atoms with Crippen molar-refractivity contribution in [1.82, 2.24) is 10.2 Å². The number of likely N-dealkylation sites (N-methyl/N-ethyl adjacent to an activating group) is 1. The van der Waals surface area contributed by atoms with Crippen molar-refractivity contribution in [2.45, 2.75) is 64.0 Å². The number of rotatable bonds is 5. The first-order valence-corrected chi connectivity index (χ1v) is 9.18. The Balaban J connectivity index is 1.96. The lowest BCUT2D eigenvalue weighted by Crippen LogP contribution is -2.54. The molecule has 3 heteroatoms. The van der Waals surface area contributed by atoms with Crippen molar-refractivity contribution in [3.05, 3.63) is 21.9 Å². The summed E-state index contributed by atoms with van der Waals surface area (Å²) in [6, 6.07) is 2.82. The van der Waals surface area contributed by atoms with Crippen LogP contribution in [0.25, 0.3) is 0 Å². The molecule has 0 aromatic carbocycles. The molecule has 1 aliphatic heterocycles. The van der Waals surface area contributed by atoms with Gasteiger partial charge in [-0.2, -0.15) is 0 Å². The van der Waals surface area contributed by atoms with E-state index in [9.17, 15) is 0 Å². The Morgan fingerprint density at radius 2 is 1.95 bits per heavy atom. The third kappa shape index (κ3) is 2.44. The molecule has 2 heterocycles. The Labute approximate surface area is 127 Å². The summed E-state index contributed by atoms with van der Waals surface area (Å²) in [5.41, 5.74) is 1.87. The quantitative estimate of drug-likeness (QED) is 0.878. The van der Waals surface area contributed by atoms with Crippen LogP contribution in [0.15, 0.2) is 11.4 Å². The van der Waals surface area contributed by atoms with Gasteiger partial charge in [-0.15, -0.1) is 11.3 Å². The van der Waals surface area contributed by atoms with Crippen molar-refractivity contribution in [2.24, 2.45) is 0 Å². The van der Waals surface area contributed by atoms with E-state index < -0.39 is 0 Å². The van der Waals surface area contributed by atoms with E-state index >= 15 is 0 Å². The minimum Gasteiger partial charge on any atom is -0.308 e. The number of likely N-dealkylation sites (tertiary alicyclic amines) is 1. The smallest absolute Gasteiger partial charge is 0.0604 e. The number of hydrogen-bond donors (Lipinski definition) is 1. The molecule has 1 atom stereocenters. The highest BCUT2D eigenvalue weighted by Crippen LogP contribution is 2.47. The minimum absolute atomic E-state index is 0.391. The second-order valence-corrected chi connectivity index (χ2v) is 7.41. The summed E-state index contributed by atoms with van der Waals surface area (Å²) in [6.45, 7) is 8.22. The van der Waals surface area contributed by atoms with Gasteiger partial charge in [0.1, 0.15) is 0 Å². The van der Waals surface area contributed by atoms with Gasteiger partial charge >= 0.3 is 0 Å². The maximum atomic E-state index is 3.85. The molecule has 3 rings (SSSR count). The fourth-order valence-corrected chi connectivity index (χ4v) is 5.46. The lowest BCUT2D eigenvalue weighted by molar-refractivity contribution is 0.0782. The molecule has 1 unspecified atom stereocenters. The van der Waals surface area contributed by atoms with Gasteiger partial charge in [0.05, 0.1) is 6.04 Å². The van der Waals surface area contributed by atoms with Crippen molar-refractivity contribution >= 4 is 11.3 Å². The summed E-state index contributed by atoms with van der Waals surface area (Å²) in [5.74, 6) is 0. The Morgan fingerprint density at radius 3 is 2.50 bits per heavy atom. The van der Waals surface area contributed by atoms with E-state index in [0.717, 1.165) is 6.54 Å². The lowest BCUT2D eigenvalue weighted by Gasteiger charge is -2.45. The highest BCUT2D eigenvalue weighted by molar-refractivity contribution is 7.10. The molecule has 1 aliphatic carbocycles. The summed E-state index contributed by atoms with van der Waals surface area (Å²) in [4.78, 5) is 4.41. The maximum Gasteiger partial charge on any atom is 0.0604 e. The van der Waals surface area contributed by atoms with E-state index in [0.29, 0.717) is 11.6 Å². The molecule has 0 bridgehead atoms. The van der Waals surface area contributed by atoms with Gasteiger partial charge in [-0.3, -0.25) is 4.90 Å². The van der Waals surface area contributed by atoms with Crippen molar-refractivity contribution < 1.29 is 0 Å². The molecule has 2 aliphatic rings. The van der Waals surface area contributed by atoms with E-state index in [1.54, 1.807) is 4.88 Å². The molecule has 1 N–H and O–H groups in total. The van der Waals surface area contributed by atoms with Crippen molar-refractivity contribution in [3.8, 4) is 0 Å². The molecule has 0 radical (unpaired) electrons. The highest BCUT2D eigenvalue weighted by atomic mass is 32.1. The van der Waals surface area contributed by atoms with E-state index in [-0.39, 0.29) is 0 Å². The fraction of sp³-hybridized carbons (Fsp3) is 0.765. The van der Waals surface area contributed by atoms with Crippen LogP contribution in [-0.4, -0.2) is 30.1 Å². The largest absolute Gasteiger partial charge is 0.308 e. The average Bonchev–Trinajstić information content (AvgIpc) is 3.18. The molecular formula is C17H28N2S. The molecule has 1 saturated heterocycles. The van der Waals surface area contributed by atoms with Gasteiger partial charge < -0.3 is 5.32 Å². The first kappa shape index (κ1) is 14.6. The van der Waals surface area contributed by atoms with E-state index in [1.165, 1.54) is 57.2 Å². The Morgan fingerprint density at radius 1 is 1.25 bits per heavy atom. The van der Waals surface area contributed by atoms with Gasteiger partial charge in [0.25, 0.3) is 0 Å². The summed E-state index contributed by atoms with van der Waals surface area (Å²) >= 11 is 1.95. The number of thiophene rings is 1. The van der Waals surface area contributed by atoms with E-state index in [4.69, 9.17) is 0 Å². The molecule has 112 valence electrons. The molecule has 1 saturated carbocycles. The molecule has 20 heavy (non-hydrogen) atoms. The Kier molecular flexibility index (Phi) is 4.49. The molecule has 0 spiro atoms. The SMILES string of the molecule is CCNC(c1sccc1C)C1(N2CCCC2)CCCC1. The zero-order chi connectivity index (χ0) is 14.0. The number of nitrogens with one attached hydrogen (secondary N) is 1. The third-order valence-electron chi connectivity index (χ3n) is 5.31. The average molecular weight is 292 g/mol. The van der Waals surface area contributed by atoms with Crippen LogP contribution in [0.2, 0.25) is 0 Å². The highest BCUT2D eigenvalue weighted by Gasteiger charge is 2.47. The summed E-state index contributed by atoms with van der Waals surface area (Å²) in [7, 11) is 0. The van der Waals surface area contributed by atoms with Crippen molar-refractivity contribution in [1.29, 1.82) is 0 Å². The fourth-order valence-electron chi connectivity index (χ4n) is 4.35. The summed E-state index contributed by atoms with van der Waals surface area (Å²) < 4.78 is 0. The summed E-state index contributed by atoms with van der Waals surface area (Å²) in [6.07, 6.45) is 8.35. The van der Waals surface area contributed by atoms with Crippen LogP contribution in [0, 0.1) is 6.92 Å². The molecule has 1 aromatic heterocycles. The van der Waals surface area contributed by atoms with Crippen LogP contribution in [-0.2, 0) is 0 Å². The molecule has 2 fully saturated rings. The zero-order valence-corrected chi connectivity index (χ0v) is 13.8. The number of hydrogen-bond acceptors (Lipinski definition) is 3. The van der Waals surface area contributed by atoms with Crippen LogP contribution in [0.1, 0.15) is 61.9 Å². The minimum atomic E-state index is 0.391. The normalized spacial score (nSPS) is 24.3. The predicted molar refractivity (Wildman–Crippen MR) is 87.5 cm³/mol. The van der Waals surface area contributed by atoms with Gasteiger partial charge in [-0.1, -0.05) is 19.8 Å². The van der Waals surface area contributed by atoms with E-state index in [2.05, 4.69) is 35.5 Å². The molecule has 1 aromatic rings. The predicted octanol–water partition coefficient (Wildman–Crippen LogP) is 4.12. The lowest BCUT2D eigenvalue weighted by atomic mass is 9.84.